The van der Waals surface area contributed by atoms with E-state index >= 15 is 0 Å². The molecule has 0 radical (unpaired) electrons. The highest BCUT2D eigenvalue weighted by molar-refractivity contribution is 8.56. The quantitative estimate of drug-likeness (QED) is 0.208. The van der Waals surface area contributed by atoms with Crippen LogP contribution in [0.5, 0.6) is 0 Å². The first-order valence-electron chi connectivity index (χ1n) is 19.2. The molecule has 0 saturated heterocycles. The van der Waals surface area contributed by atoms with Crippen LogP contribution >= 0.6 is 13.3 Å². The summed E-state index contributed by atoms with van der Waals surface area (Å²) in [6.45, 7) is 45.8. The SMILES string of the molecule is CCCCP(=S)(c1c(C(C)(C)C)cc(C(C)(C)C)cc1C(C)(C)C)P(Cc1ccccc1)c1c(C(C)(C)C)cc(C(C)(C)C)cc1C(C)(C)C. The lowest BCUT2D eigenvalue weighted by Crippen LogP contribution is -2.36. The Morgan fingerprint density at radius 2 is 0.880 bits per heavy atom. The Bertz CT molecular complexity index is 1600. The summed E-state index contributed by atoms with van der Waals surface area (Å²) < 4.78 is 0. The summed E-state index contributed by atoms with van der Waals surface area (Å²) in [5, 5.41) is 3.17. The standard InChI is InChI=1S/C47H74P2S/c1-20-21-27-49(50,41-38(46(14,15)16)30-35(43(5,6)7)31-39(41)47(17,18)19)48(32-33-25-23-22-24-26-33)40-36(44(8,9)10)28-34(42(2,3)4)29-37(40)45(11,12)13/h22-26,28-31H,20-21,27,32H2,1-19H3. The van der Waals surface area contributed by atoms with Crippen LogP contribution in [-0.4, -0.2) is 6.16 Å². The third-order valence-corrected chi connectivity index (χ3v) is 22.2. The lowest BCUT2D eigenvalue weighted by atomic mass is 9.75. The Balaban J connectivity index is 2.79. The molecule has 278 valence electrons. The Hall–Kier alpha value is -1.26. The molecule has 0 amide bonds. The van der Waals surface area contributed by atoms with Crippen LogP contribution in [-0.2, 0) is 50.5 Å². The van der Waals surface area contributed by atoms with E-state index in [0.717, 1.165) is 25.2 Å². The first-order chi connectivity index (χ1) is 22.4. The van der Waals surface area contributed by atoms with Gasteiger partial charge in [-0.05, 0) is 102 Å². The molecule has 0 aromatic heterocycles. The summed E-state index contributed by atoms with van der Waals surface area (Å²) in [7, 11) is -0.822. The Morgan fingerprint density at radius 1 is 0.520 bits per heavy atom. The van der Waals surface area contributed by atoms with Crippen LogP contribution in [0.3, 0.4) is 0 Å². The fraction of sp³-hybridized carbons (Fsp3) is 0.617. The highest BCUT2D eigenvalue weighted by Gasteiger charge is 2.43. The second-order valence-corrected chi connectivity index (χ2v) is 31.2. The molecular weight excluding hydrogens is 659 g/mol. The molecule has 0 aliphatic rings. The monoisotopic (exact) mass is 732 g/mol. The van der Waals surface area contributed by atoms with E-state index in [1.165, 1.54) is 38.9 Å². The third-order valence-electron chi connectivity index (χ3n) is 10.2. The summed E-state index contributed by atoms with van der Waals surface area (Å²) >= 11 is 7.70. The summed E-state index contributed by atoms with van der Waals surface area (Å²) in [5.74, 6) is 0. The van der Waals surface area contributed by atoms with Crippen molar-refractivity contribution in [2.75, 3.05) is 6.16 Å². The van der Waals surface area contributed by atoms with Gasteiger partial charge in [0.05, 0.1) is 0 Å². The largest absolute Gasteiger partial charge is 0.0874 e. The third kappa shape index (κ3) is 9.83. The number of hydrogen-bond donors (Lipinski definition) is 0. The zero-order valence-corrected chi connectivity index (χ0v) is 38.4. The predicted molar refractivity (Wildman–Crippen MR) is 235 cm³/mol. The lowest BCUT2D eigenvalue weighted by molar-refractivity contribution is 0.552. The van der Waals surface area contributed by atoms with Crippen LogP contribution in [0.2, 0.25) is 0 Å². The highest BCUT2D eigenvalue weighted by Crippen LogP contribution is 2.78. The van der Waals surface area contributed by atoms with Gasteiger partial charge in [0.25, 0.3) is 0 Å². The molecule has 2 atom stereocenters. The molecule has 0 saturated carbocycles. The molecule has 50 heavy (non-hydrogen) atoms. The molecule has 3 heteroatoms. The molecule has 2 unspecified atom stereocenters. The summed E-state index contributed by atoms with van der Waals surface area (Å²) in [4.78, 5) is 0. The van der Waals surface area contributed by atoms with Crippen LogP contribution in [0.15, 0.2) is 54.6 Å². The zero-order valence-electron chi connectivity index (χ0n) is 35.8. The van der Waals surface area contributed by atoms with E-state index in [1.807, 2.05) is 0 Å². The minimum atomic E-state index is -2.28. The fourth-order valence-corrected chi connectivity index (χ4v) is 20.1. The Kier molecular flexibility index (Phi) is 12.8. The van der Waals surface area contributed by atoms with Gasteiger partial charge in [-0.25, -0.2) is 0 Å². The van der Waals surface area contributed by atoms with Gasteiger partial charge >= 0.3 is 0 Å². The molecule has 0 N–H and O–H groups in total. The van der Waals surface area contributed by atoms with Crippen molar-refractivity contribution in [2.45, 2.75) is 183 Å². The van der Waals surface area contributed by atoms with E-state index in [2.05, 4.69) is 186 Å². The lowest BCUT2D eigenvalue weighted by Gasteiger charge is -2.44. The highest BCUT2D eigenvalue weighted by atomic mass is 32.6. The van der Waals surface area contributed by atoms with Gasteiger partial charge in [0, 0.05) is 11.9 Å². The smallest absolute Gasteiger partial charge is 0.00975 e. The first kappa shape index (κ1) is 43.1. The molecule has 0 aliphatic heterocycles. The number of benzene rings is 3. The average molecular weight is 733 g/mol. The van der Waals surface area contributed by atoms with Crippen molar-refractivity contribution in [3.8, 4) is 0 Å². The molecule has 0 aliphatic carbocycles. The second-order valence-electron chi connectivity index (χ2n) is 21.2. The molecule has 0 nitrogen and oxygen atoms in total. The van der Waals surface area contributed by atoms with Gasteiger partial charge in [0.2, 0.25) is 0 Å². The minimum absolute atomic E-state index is 0.0331. The van der Waals surface area contributed by atoms with Crippen molar-refractivity contribution in [2.24, 2.45) is 0 Å². The molecular formula is C47H74P2S. The second kappa shape index (κ2) is 14.9. The van der Waals surface area contributed by atoms with Crippen molar-refractivity contribution in [1.82, 2.24) is 0 Å². The summed E-state index contributed by atoms with van der Waals surface area (Å²) in [6.07, 6.45) is 4.44. The zero-order chi connectivity index (χ0) is 38.5. The van der Waals surface area contributed by atoms with E-state index in [9.17, 15) is 0 Å². The van der Waals surface area contributed by atoms with Crippen molar-refractivity contribution < 1.29 is 0 Å². The average Bonchev–Trinajstić information content (AvgIpc) is 2.95. The first-order valence-corrected chi connectivity index (χ1v) is 24.5. The fourth-order valence-electron chi connectivity index (χ4n) is 6.91. The molecule has 3 rings (SSSR count). The van der Waals surface area contributed by atoms with Crippen molar-refractivity contribution in [3.63, 3.8) is 0 Å². The topological polar surface area (TPSA) is 0 Å². The molecule has 0 heterocycles. The number of hydrogen-bond acceptors (Lipinski definition) is 1. The predicted octanol–water partition coefficient (Wildman–Crippen LogP) is 14.3. The van der Waals surface area contributed by atoms with Gasteiger partial charge in [0.15, 0.2) is 0 Å². The van der Waals surface area contributed by atoms with Gasteiger partial charge in [-0.15, -0.1) is 0 Å². The number of unbranched alkanes of at least 4 members (excludes halogenated alkanes) is 1. The normalized spacial score (nSPS) is 15.6. The molecule has 0 bridgehead atoms. The molecule has 0 spiro atoms. The molecule has 3 aromatic carbocycles. The molecule has 0 fully saturated rings. The van der Waals surface area contributed by atoms with Crippen LogP contribution in [0, 0.1) is 0 Å². The molecule has 3 aromatic rings. The summed E-state index contributed by atoms with van der Waals surface area (Å²) in [5.41, 5.74) is 7.97. The van der Waals surface area contributed by atoms with Crippen LogP contribution in [0.25, 0.3) is 0 Å². The Morgan fingerprint density at radius 3 is 1.20 bits per heavy atom. The van der Waals surface area contributed by atoms with Crippen LogP contribution in [0.1, 0.15) is 183 Å². The summed E-state index contributed by atoms with van der Waals surface area (Å²) in [6, 6.07) is 21.7. The maximum atomic E-state index is 7.70. The van der Waals surface area contributed by atoms with Crippen molar-refractivity contribution >= 4 is 35.8 Å². The number of rotatable bonds is 8. The van der Waals surface area contributed by atoms with Gasteiger partial charge in [0.1, 0.15) is 0 Å². The maximum Gasteiger partial charge on any atom is 0.00975 e. The van der Waals surface area contributed by atoms with Crippen molar-refractivity contribution in [3.05, 3.63) is 93.5 Å². The van der Waals surface area contributed by atoms with Crippen LogP contribution < -0.4 is 10.6 Å². The van der Waals surface area contributed by atoms with E-state index in [0.29, 0.717) is 0 Å². The minimum Gasteiger partial charge on any atom is -0.0874 e. The van der Waals surface area contributed by atoms with Gasteiger partial charge in [-0.1, -0.05) is 204 Å². The van der Waals surface area contributed by atoms with Gasteiger partial charge in [-0.2, -0.15) is 0 Å². The van der Waals surface area contributed by atoms with E-state index in [4.69, 9.17) is 11.8 Å². The van der Waals surface area contributed by atoms with Crippen LogP contribution in [0.4, 0.5) is 0 Å². The van der Waals surface area contributed by atoms with Gasteiger partial charge < -0.3 is 0 Å². The van der Waals surface area contributed by atoms with E-state index in [-0.39, 0.29) is 32.5 Å². The van der Waals surface area contributed by atoms with Gasteiger partial charge in [-0.3, -0.25) is 0 Å². The van der Waals surface area contributed by atoms with Crippen molar-refractivity contribution in [1.29, 1.82) is 0 Å². The van der Waals surface area contributed by atoms with E-state index in [1.54, 1.807) is 10.6 Å². The Labute approximate surface area is 317 Å². The maximum absolute atomic E-state index is 7.70. The van der Waals surface area contributed by atoms with E-state index < -0.39 is 13.3 Å².